The first-order valence-electron chi connectivity index (χ1n) is 7.55. The van der Waals surface area contributed by atoms with Crippen LogP contribution in [-0.4, -0.2) is 35.7 Å². The number of amides is 1. The van der Waals surface area contributed by atoms with Gasteiger partial charge in [0.05, 0.1) is 15.0 Å². The fourth-order valence-corrected chi connectivity index (χ4v) is 2.48. The number of ketones is 1. The van der Waals surface area contributed by atoms with Crippen LogP contribution in [0, 0.1) is 10.1 Å². The van der Waals surface area contributed by atoms with Gasteiger partial charge in [-0.15, -0.1) is 0 Å². The molecule has 0 atom stereocenters. The van der Waals surface area contributed by atoms with E-state index in [-0.39, 0.29) is 26.2 Å². The largest absolute Gasteiger partial charge is 0.456 e. The molecule has 0 radical (unpaired) electrons. The molecular weight excluding hydrogens is 435 g/mol. The Morgan fingerprint density at radius 1 is 0.964 bits per heavy atom. The van der Waals surface area contributed by atoms with E-state index in [0.29, 0.717) is 0 Å². The summed E-state index contributed by atoms with van der Waals surface area (Å²) in [5.74, 6) is -2.12. The molecule has 0 aromatic heterocycles. The van der Waals surface area contributed by atoms with E-state index in [1.54, 1.807) is 0 Å². The zero-order chi connectivity index (χ0) is 20.8. The topological polar surface area (TPSA) is 116 Å². The van der Waals surface area contributed by atoms with Gasteiger partial charge in [-0.25, -0.2) is 0 Å². The Hall–Kier alpha value is -2.68. The number of nitrogens with one attached hydrogen (secondary N) is 1. The molecule has 1 N–H and O–H groups in total. The first-order valence-corrected chi connectivity index (χ1v) is 8.68. The maximum atomic E-state index is 12.0. The van der Waals surface area contributed by atoms with Crippen LogP contribution in [0.1, 0.15) is 20.7 Å². The molecule has 146 valence electrons. The Bertz CT molecular complexity index is 964. The molecule has 0 fully saturated rings. The maximum absolute atomic E-state index is 12.0. The SMILES string of the molecule is O=C(CNC(=O)c1ccc(Cl)c([N+](=O)[O-])c1)OCC(=O)c1ccc(Cl)c(Cl)c1. The first kappa shape index (κ1) is 21.6. The predicted octanol–water partition coefficient (Wildman–Crippen LogP) is 3.71. The van der Waals surface area contributed by atoms with Crippen molar-refractivity contribution in [2.24, 2.45) is 0 Å². The Labute approximate surface area is 173 Å². The Kier molecular flexibility index (Phi) is 7.33. The molecule has 0 aliphatic rings. The fraction of sp³-hybridized carbons (Fsp3) is 0.118. The summed E-state index contributed by atoms with van der Waals surface area (Å²) in [6.07, 6.45) is 0. The van der Waals surface area contributed by atoms with Crippen LogP contribution in [0.5, 0.6) is 0 Å². The number of hydrogen-bond donors (Lipinski definition) is 1. The number of nitro benzene ring substituents is 1. The van der Waals surface area contributed by atoms with Gasteiger partial charge in [0.25, 0.3) is 11.6 Å². The van der Waals surface area contributed by atoms with Crippen LogP contribution >= 0.6 is 34.8 Å². The summed E-state index contributed by atoms with van der Waals surface area (Å²) >= 11 is 17.2. The van der Waals surface area contributed by atoms with E-state index < -0.39 is 41.4 Å². The second-order valence-electron chi connectivity index (χ2n) is 5.32. The summed E-state index contributed by atoms with van der Waals surface area (Å²) in [7, 11) is 0. The molecule has 0 heterocycles. The Morgan fingerprint density at radius 3 is 2.25 bits per heavy atom. The number of nitro groups is 1. The number of nitrogens with zero attached hydrogens (tertiary/aromatic N) is 1. The number of esters is 1. The van der Waals surface area contributed by atoms with Crippen molar-refractivity contribution in [2.45, 2.75) is 0 Å². The van der Waals surface area contributed by atoms with Crippen molar-refractivity contribution in [3.8, 4) is 0 Å². The number of rotatable bonds is 7. The van der Waals surface area contributed by atoms with E-state index in [1.165, 1.54) is 30.3 Å². The molecule has 0 unspecified atom stereocenters. The Balaban J connectivity index is 1.87. The van der Waals surface area contributed by atoms with Crippen molar-refractivity contribution < 1.29 is 24.0 Å². The third-order valence-corrected chi connectivity index (χ3v) is 4.46. The number of Topliss-reactive ketones (excluding diaryl/α,β-unsaturated/α-hetero) is 1. The van der Waals surface area contributed by atoms with Gasteiger partial charge in [-0.2, -0.15) is 0 Å². The van der Waals surface area contributed by atoms with Crippen molar-refractivity contribution in [1.29, 1.82) is 0 Å². The average molecular weight is 446 g/mol. The summed E-state index contributed by atoms with van der Waals surface area (Å²) in [6.45, 7) is -1.09. The van der Waals surface area contributed by atoms with Crippen molar-refractivity contribution in [1.82, 2.24) is 5.32 Å². The normalized spacial score (nSPS) is 10.2. The molecule has 2 aromatic rings. The van der Waals surface area contributed by atoms with Crippen LogP contribution < -0.4 is 5.32 Å². The number of ether oxygens (including phenoxy) is 1. The highest BCUT2D eigenvalue weighted by Gasteiger charge is 2.17. The second-order valence-corrected chi connectivity index (χ2v) is 6.54. The van der Waals surface area contributed by atoms with Gasteiger partial charge in [-0.05, 0) is 30.3 Å². The lowest BCUT2D eigenvalue weighted by atomic mass is 10.1. The lowest BCUT2D eigenvalue weighted by Gasteiger charge is -2.07. The summed E-state index contributed by atoms with van der Waals surface area (Å²) in [4.78, 5) is 45.7. The molecule has 0 aliphatic carbocycles. The van der Waals surface area contributed by atoms with Gasteiger partial charge >= 0.3 is 5.97 Å². The van der Waals surface area contributed by atoms with E-state index in [0.717, 1.165) is 6.07 Å². The summed E-state index contributed by atoms with van der Waals surface area (Å²) in [5.41, 5.74) is -0.292. The minimum Gasteiger partial charge on any atom is -0.456 e. The van der Waals surface area contributed by atoms with Gasteiger partial charge in [0, 0.05) is 17.2 Å². The van der Waals surface area contributed by atoms with Crippen molar-refractivity contribution in [2.75, 3.05) is 13.2 Å². The molecule has 0 saturated carbocycles. The molecule has 1 amide bonds. The van der Waals surface area contributed by atoms with Crippen molar-refractivity contribution >= 4 is 58.1 Å². The van der Waals surface area contributed by atoms with Gasteiger partial charge in [-0.1, -0.05) is 34.8 Å². The first-order chi connectivity index (χ1) is 13.2. The third-order valence-electron chi connectivity index (χ3n) is 3.40. The van der Waals surface area contributed by atoms with E-state index >= 15 is 0 Å². The molecule has 0 bridgehead atoms. The highest BCUT2D eigenvalue weighted by molar-refractivity contribution is 6.42. The fourth-order valence-electron chi connectivity index (χ4n) is 2.00. The van der Waals surface area contributed by atoms with Crippen LogP contribution in [0.3, 0.4) is 0 Å². The minimum atomic E-state index is -0.870. The standard InChI is InChI=1S/C17H11Cl3N2O6/c18-11-3-1-9(5-13(11)20)15(23)8-28-16(24)7-21-17(25)10-2-4-12(19)14(6-10)22(26)27/h1-6H,7-8H2,(H,21,25). The molecule has 8 nitrogen and oxygen atoms in total. The zero-order valence-corrected chi connectivity index (χ0v) is 16.2. The van der Waals surface area contributed by atoms with Crippen molar-refractivity contribution in [3.63, 3.8) is 0 Å². The van der Waals surface area contributed by atoms with E-state index in [2.05, 4.69) is 5.32 Å². The number of halogens is 3. The number of carbonyl (C=O) groups is 3. The molecule has 11 heteroatoms. The predicted molar refractivity (Wildman–Crippen MR) is 102 cm³/mol. The second kappa shape index (κ2) is 9.50. The van der Waals surface area contributed by atoms with E-state index in [4.69, 9.17) is 39.5 Å². The molecule has 28 heavy (non-hydrogen) atoms. The van der Waals surface area contributed by atoms with Gasteiger partial charge in [-0.3, -0.25) is 24.5 Å². The molecular formula is C17H11Cl3N2O6. The Morgan fingerprint density at radius 2 is 1.61 bits per heavy atom. The molecule has 0 spiro atoms. The molecule has 2 aromatic carbocycles. The van der Waals surface area contributed by atoms with E-state index in [1.807, 2.05) is 0 Å². The van der Waals surface area contributed by atoms with Gasteiger partial charge in [0.15, 0.2) is 12.4 Å². The highest BCUT2D eigenvalue weighted by Crippen LogP contribution is 2.25. The number of hydrogen-bond acceptors (Lipinski definition) is 6. The third kappa shape index (κ3) is 5.66. The monoisotopic (exact) mass is 444 g/mol. The van der Waals surface area contributed by atoms with Crippen LogP contribution in [-0.2, 0) is 9.53 Å². The summed E-state index contributed by atoms with van der Waals surface area (Å²) in [5, 5.41) is 13.4. The van der Waals surface area contributed by atoms with Crippen LogP contribution in [0.2, 0.25) is 15.1 Å². The zero-order valence-electron chi connectivity index (χ0n) is 13.9. The van der Waals surface area contributed by atoms with Crippen LogP contribution in [0.15, 0.2) is 36.4 Å². The van der Waals surface area contributed by atoms with Crippen molar-refractivity contribution in [3.05, 3.63) is 72.7 Å². The number of benzene rings is 2. The number of carbonyl (C=O) groups excluding carboxylic acids is 3. The lowest BCUT2D eigenvalue weighted by Crippen LogP contribution is -2.31. The smallest absolute Gasteiger partial charge is 0.325 e. The summed E-state index contributed by atoms with van der Waals surface area (Å²) in [6, 6.07) is 7.66. The maximum Gasteiger partial charge on any atom is 0.325 e. The van der Waals surface area contributed by atoms with Gasteiger partial charge in [0.1, 0.15) is 11.6 Å². The highest BCUT2D eigenvalue weighted by atomic mass is 35.5. The molecule has 2 rings (SSSR count). The van der Waals surface area contributed by atoms with Gasteiger partial charge in [0.2, 0.25) is 0 Å². The average Bonchev–Trinajstić information content (AvgIpc) is 2.66. The van der Waals surface area contributed by atoms with E-state index in [9.17, 15) is 24.5 Å². The minimum absolute atomic E-state index is 0.0595. The lowest BCUT2D eigenvalue weighted by molar-refractivity contribution is -0.384. The molecule has 0 aliphatic heterocycles. The van der Waals surface area contributed by atoms with Gasteiger partial charge < -0.3 is 10.1 Å². The molecule has 0 saturated heterocycles. The summed E-state index contributed by atoms with van der Waals surface area (Å²) < 4.78 is 4.79. The van der Waals surface area contributed by atoms with Crippen LogP contribution in [0.25, 0.3) is 0 Å². The quantitative estimate of drug-likeness (QED) is 0.301. The van der Waals surface area contributed by atoms with Crippen LogP contribution in [0.4, 0.5) is 5.69 Å².